The maximum atomic E-state index is 12.5. The van der Waals surface area contributed by atoms with E-state index in [2.05, 4.69) is 11.1 Å². The summed E-state index contributed by atoms with van der Waals surface area (Å²) >= 11 is 0. The van der Waals surface area contributed by atoms with Gasteiger partial charge in [-0.25, -0.2) is 0 Å². The highest BCUT2D eigenvalue weighted by Gasteiger charge is 2.27. The van der Waals surface area contributed by atoms with Crippen molar-refractivity contribution in [1.82, 2.24) is 4.57 Å². The minimum atomic E-state index is 0.0403. The van der Waals surface area contributed by atoms with Crippen LogP contribution in [0.15, 0.2) is 35.6 Å². The van der Waals surface area contributed by atoms with Crippen molar-refractivity contribution in [2.45, 2.75) is 32.2 Å². The summed E-state index contributed by atoms with van der Waals surface area (Å²) < 4.78 is 13.2. The first kappa shape index (κ1) is 14.7. The van der Waals surface area contributed by atoms with E-state index in [1.807, 2.05) is 19.1 Å². The lowest BCUT2D eigenvalue weighted by molar-refractivity contribution is 0.311. The molecule has 22 heavy (non-hydrogen) atoms. The number of methoxy groups -OCH3 is 1. The Kier molecular flexibility index (Phi) is 3.92. The molecule has 1 aliphatic carbocycles. The Bertz CT molecular complexity index is 772. The summed E-state index contributed by atoms with van der Waals surface area (Å²) in [5, 5.41) is 0.659. The standard InChI is InChI=1S/C18H21NO3/c1-4-8-19-14(12-6-7-12)10-16(20)13-9-17(21-3)18(22-5-2)11-15(13)19/h4,9-12H,1,5-8H2,2-3H3. The highest BCUT2D eigenvalue weighted by atomic mass is 16.5. The van der Waals surface area contributed by atoms with Crippen LogP contribution in [0.3, 0.4) is 0 Å². The zero-order chi connectivity index (χ0) is 15.7. The van der Waals surface area contributed by atoms with Crippen LogP contribution in [0.1, 0.15) is 31.4 Å². The third kappa shape index (κ3) is 2.49. The van der Waals surface area contributed by atoms with Crippen LogP contribution in [-0.4, -0.2) is 18.3 Å². The summed E-state index contributed by atoms with van der Waals surface area (Å²) in [5.41, 5.74) is 2.03. The molecule has 2 aromatic rings. The molecule has 116 valence electrons. The lowest BCUT2D eigenvalue weighted by Gasteiger charge is -2.17. The maximum Gasteiger partial charge on any atom is 0.189 e. The van der Waals surface area contributed by atoms with E-state index >= 15 is 0 Å². The Labute approximate surface area is 130 Å². The predicted molar refractivity (Wildman–Crippen MR) is 88.1 cm³/mol. The van der Waals surface area contributed by atoms with Gasteiger partial charge in [-0.3, -0.25) is 4.79 Å². The molecule has 0 amide bonds. The van der Waals surface area contributed by atoms with Crippen molar-refractivity contribution in [2.75, 3.05) is 13.7 Å². The second-order valence-corrected chi connectivity index (χ2v) is 5.56. The van der Waals surface area contributed by atoms with Gasteiger partial charge < -0.3 is 14.0 Å². The van der Waals surface area contributed by atoms with Gasteiger partial charge in [0.15, 0.2) is 16.9 Å². The molecule has 0 unspecified atom stereocenters. The fourth-order valence-electron chi connectivity index (χ4n) is 2.88. The van der Waals surface area contributed by atoms with Crippen LogP contribution in [0.4, 0.5) is 0 Å². The quantitative estimate of drug-likeness (QED) is 0.767. The predicted octanol–water partition coefficient (Wildman–Crippen LogP) is 3.47. The molecule has 1 heterocycles. The molecule has 4 nitrogen and oxygen atoms in total. The Balaban J connectivity index is 2.31. The monoisotopic (exact) mass is 299 g/mol. The first-order chi connectivity index (χ1) is 10.7. The zero-order valence-corrected chi connectivity index (χ0v) is 13.1. The molecule has 0 atom stereocenters. The lowest BCUT2D eigenvalue weighted by Crippen LogP contribution is -2.14. The van der Waals surface area contributed by atoms with Crippen molar-refractivity contribution in [3.8, 4) is 11.5 Å². The number of hydrogen-bond donors (Lipinski definition) is 0. The van der Waals surface area contributed by atoms with Crippen molar-refractivity contribution in [3.63, 3.8) is 0 Å². The third-order valence-electron chi connectivity index (χ3n) is 4.04. The van der Waals surface area contributed by atoms with Gasteiger partial charge in [0.25, 0.3) is 0 Å². The third-order valence-corrected chi connectivity index (χ3v) is 4.04. The van der Waals surface area contributed by atoms with E-state index in [4.69, 9.17) is 9.47 Å². The number of aromatic nitrogens is 1. The van der Waals surface area contributed by atoms with Gasteiger partial charge in [0.05, 0.1) is 19.2 Å². The van der Waals surface area contributed by atoms with E-state index in [1.165, 1.54) is 0 Å². The normalized spacial score (nSPS) is 14.1. The number of fused-ring (bicyclic) bond motifs is 1. The molecule has 0 radical (unpaired) electrons. The van der Waals surface area contributed by atoms with Crippen molar-refractivity contribution < 1.29 is 9.47 Å². The van der Waals surface area contributed by atoms with Gasteiger partial charge in [0, 0.05) is 29.8 Å². The average molecular weight is 299 g/mol. The molecule has 1 aromatic carbocycles. The molecule has 1 aromatic heterocycles. The van der Waals surface area contributed by atoms with Gasteiger partial charge in [-0.05, 0) is 31.7 Å². The molecular weight excluding hydrogens is 278 g/mol. The van der Waals surface area contributed by atoms with E-state index in [-0.39, 0.29) is 5.43 Å². The summed E-state index contributed by atoms with van der Waals surface area (Å²) in [5.74, 6) is 1.76. The van der Waals surface area contributed by atoms with Crippen LogP contribution in [-0.2, 0) is 6.54 Å². The van der Waals surface area contributed by atoms with E-state index < -0.39 is 0 Å². The molecule has 3 rings (SSSR count). The van der Waals surface area contributed by atoms with E-state index in [0.29, 0.717) is 36.0 Å². The van der Waals surface area contributed by atoms with Crippen molar-refractivity contribution in [1.29, 1.82) is 0 Å². The number of rotatable bonds is 6. The first-order valence-electron chi connectivity index (χ1n) is 7.68. The second-order valence-electron chi connectivity index (χ2n) is 5.56. The molecule has 0 bridgehead atoms. The molecule has 4 heteroatoms. The molecule has 0 N–H and O–H groups in total. The fraction of sp³-hybridized carbons (Fsp3) is 0.389. The van der Waals surface area contributed by atoms with Gasteiger partial charge in [-0.15, -0.1) is 6.58 Å². The number of nitrogens with zero attached hydrogens (tertiary/aromatic N) is 1. The average Bonchev–Trinajstić information content (AvgIpc) is 3.34. The number of ether oxygens (including phenoxy) is 2. The van der Waals surface area contributed by atoms with Crippen molar-refractivity contribution >= 4 is 10.9 Å². The van der Waals surface area contributed by atoms with Crippen LogP contribution in [0.5, 0.6) is 11.5 Å². The van der Waals surface area contributed by atoms with Crippen LogP contribution >= 0.6 is 0 Å². The minimum Gasteiger partial charge on any atom is -0.493 e. The Hall–Kier alpha value is -2.23. The summed E-state index contributed by atoms with van der Waals surface area (Å²) in [6.07, 6.45) is 4.16. The maximum absolute atomic E-state index is 12.5. The molecule has 1 aliphatic rings. The molecular formula is C18H21NO3. The van der Waals surface area contributed by atoms with E-state index in [1.54, 1.807) is 19.2 Å². The van der Waals surface area contributed by atoms with Gasteiger partial charge >= 0.3 is 0 Å². The highest BCUT2D eigenvalue weighted by molar-refractivity contribution is 5.83. The van der Waals surface area contributed by atoms with Crippen LogP contribution < -0.4 is 14.9 Å². The number of pyridine rings is 1. The van der Waals surface area contributed by atoms with Crippen molar-refractivity contribution in [2.24, 2.45) is 0 Å². The second kappa shape index (κ2) is 5.87. The Morgan fingerprint density at radius 2 is 2.09 bits per heavy atom. The summed E-state index contributed by atoms with van der Waals surface area (Å²) in [4.78, 5) is 12.5. The number of hydrogen-bond acceptors (Lipinski definition) is 3. The Morgan fingerprint density at radius 1 is 1.32 bits per heavy atom. The number of benzene rings is 1. The molecule has 0 saturated heterocycles. The van der Waals surface area contributed by atoms with Crippen molar-refractivity contribution in [3.05, 3.63) is 46.8 Å². The molecule has 0 spiro atoms. The minimum absolute atomic E-state index is 0.0403. The van der Waals surface area contributed by atoms with Crippen LogP contribution in [0.25, 0.3) is 10.9 Å². The Morgan fingerprint density at radius 3 is 2.68 bits per heavy atom. The highest BCUT2D eigenvalue weighted by Crippen LogP contribution is 2.41. The largest absolute Gasteiger partial charge is 0.493 e. The van der Waals surface area contributed by atoms with Gasteiger partial charge in [0.2, 0.25) is 0 Å². The van der Waals surface area contributed by atoms with Gasteiger partial charge in [-0.2, -0.15) is 0 Å². The summed E-state index contributed by atoms with van der Waals surface area (Å²) in [6, 6.07) is 5.46. The summed E-state index contributed by atoms with van der Waals surface area (Å²) in [6.45, 7) is 7.01. The molecule has 1 saturated carbocycles. The van der Waals surface area contributed by atoms with Crippen LogP contribution in [0.2, 0.25) is 0 Å². The van der Waals surface area contributed by atoms with Gasteiger partial charge in [-0.1, -0.05) is 6.08 Å². The molecule has 0 aliphatic heterocycles. The summed E-state index contributed by atoms with van der Waals surface area (Å²) in [7, 11) is 1.59. The topological polar surface area (TPSA) is 40.5 Å². The van der Waals surface area contributed by atoms with Gasteiger partial charge in [0.1, 0.15) is 0 Å². The molecule has 1 fully saturated rings. The SMILES string of the molecule is C=CCn1c(C2CC2)cc(=O)c2cc(OC)c(OCC)cc21. The number of allylic oxidation sites excluding steroid dienone is 1. The lowest BCUT2D eigenvalue weighted by atomic mass is 10.1. The smallest absolute Gasteiger partial charge is 0.189 e. The van der Waals surface area contributed by atoms with E-state index in [9.17, 15) is 4.79 Å². The first-order valence-corrected chi connectivity index (χ1v) is 7.68. The fourth-order valence-corrected chi connectivity index (χ4v) is 2.88. The van der Waals surface area contributed by atoms with E-state index in [0.717, 1.165) is 24.1 Å². The zero-order valence-electron chi connectivity index (χ0n) is 13.1. The van der Waals surface area contributed by atoms with Crippen LogP contribution in [0, 0.1) is 0 Å².